The highest BCUT2D eigenvalue weighted by Crippen LogP contribution is 2.26. The molecule has 0 aliphatic heterocycles. The van der Waals surface area contributed by atoms with Gasteiger partial charge in [-0.1, -0.05) is 18.2 Å². The normalized spacial score (nSPS) is 10.3. The van der Waals surface area contributed by atoms with Gasteiger partial charge in [-0.15, -0.1) is 0 Å². The zero-order valence-electron chi connectivity index (χ0n) is 9.61. The van der Waals surface area contributed by atoms with Crippen molar-refractivity contribution >= 4 is 0 Å². The predicted octanol–water partition coefficient (Wildman–Crippen LogP) is 2.96. The van der Waals surface area contributed by atoms with E-state index in [-0.39, 0.29) is 5.82 Å². The van der Waals surface area contributed by atoms with Gasteiger partial charge in [0.15, 0.2) is 0 Å². The average molecular weight is 231 g/mol. The molecule has 0 aromatic heterocycles. The lowest BCUT2D eigenvalue weighted by Crippen LogP contribution is -1.96. The minimum Gasteiger partial charge on any atom is -0.497 e. The van der Waals surface area contributed by atoms with Crippen LogP contribution in [0.4, 0.5) is 4.39 Å². The summed E-state index contributed by atoms with van der Waals surface area (Å²) in [5.41, 5.74) is 7.93. The van der Waals surface area contributed by atoms with E-state index in [1.165, 1.54) is 13.2 Å². The van der Waals surface area contributed by atoms with E-state index in [1.54, 1.807) is 12.1 Å². The molecule has 0 aliphatic carbocycles. The van der Waals surface area contributed by atoms with Gasteiger partial charge in [0.05, 0.1) is 7.11 Å². The Labute approximate surface area is 99.8 Å². The van der Waals surface area contributed by atoms with Crippen molar-refractivity contribution in [3.05, 3.63) is 53.8 Å². The SMILES string of the molecule is COc1ccc(-c2cccc(CN)c2)c(F)c1. The highest BCUT2D eigenvalue weighted by atomic mass is 19.1. The molecule has 0 unspecified atom stereocenters. The third-order valence-electron chi connectivity index (χ3n) is 2.65. The summed E-state index contributed by atoms with van der Waals surface area (Å²) in [5, 5.41) is 0. The molecule has 2 aromatic rings. The van der Waals surface area contributed by atoms with Crippen LogP contribution in [0.25, 0.3) is 11.1 Å². The molecule has 2 N–H and O–H groups in total. The second-order valence-corrected chi connectivity index (χ2v) is 3.75. The molecule has 17 heavy (non-hydrogen) atoms. The lowest BCUT2D eigenvalue weighted by molar-refractivity contribution is 0.411. The minimum atomic E-state index is -0.293. The first-order chi connectivity index (χ1) is 8.24. The fourth-order valence-electron chi connectivity index (χ4n) is 1.72. The summed E-state index contributed by atoms with van der Waals surface area (Å²) in [4.78, 5) is 0. The van der Waals surface area contributed by atoms with Crippen LogP contribution in [0.5, 0.6) is 5.75 Å². The van der Waals surface area contributed by atoms with Crippen LogP contribution in [0.3, 0.4) is 0 Å². The van der Waals surface area contributed by atoms with Crippen LogP contribution >= 0.6 is 0 Å². The Hall–Kier alpha value is -1.87. The molecule has 3 heteroatoms. The van der Waals surface area contributed by atoms with Gasteiger partial charge in [0.2, 0.25) is 0 Å². The number of halogens is 1. The van der Waals surface area contributed by atoms with Gasteiger partial charge in [0.25, 0.3) is 0 Å². The molecule has 0 amide bonds. The van der Waals surface area contributed by atoms with Crippen molar-refractivity contribution in [2.24, 2.45) is 5.73 Å². The summed E-state index contributed by atoms with van der Waals surface area (Å²) in [6.45, 7) is 0.450. The van der Waals surface area contributed by atoms with Crippen molar-refractivity contribution < 1.29 is 9.13 Å². The van der Waals surface area contributed by atoms with Crippen LogP contribution in [-0.4, -0.2) is 7.11 Å². The summed E-state index contributed by atoms with van der Waals surface area (Å²) >= 11 is 0. The molecule has 0 fully saturated rings. The molecule has 0 spiro atoms. The molecule has 0 aliphatic rings. The third-order valence-corrected chi connectivity index (χ3v) is 2.65. The van der Waals surface area contributed by atoms with Gasteiger partial charge >= 0.3 is 0 Å². The van der Waals surface area contributed by atoms with E-state index in [9.17, 15) is 4.39 Å². The topological polar surface area (TPSA) is 35.2 Å². The van der Waals surface area contributed by atoms with Crippen molar-refractivity contribution in [3.63, 3.8) is 0 Å². The Kier molecular flexibility index (Phi) is 3.40. The van der Waals surface area contributed by atoms with E-state index in [1.807, 2.05) is 24.3 Å². The van der Waals surface area contributed by atoms with Gasteiger partial charge in [0, 0.05) is 18.2 Å². The van der Waals surface area contributed by atoms with Gasteiger partial charge in [0.1, 0.15) is 11.6 Å². The second-order valence-electron chi connectivity index (χ2n) is 3.75. The Bertz CT molecular complexity index is 525. The van der Waals surface area contributed by atoms with E-state index < -0.39 is 0 Å². The fraction of sp³-hybridized carbons (Fsp3) is 0.143. The summed E-state index contributed by atoms with van der Waals surface area (Å²) in [7, 11) is 1.52. The van der Waals surface area contributed by atoms with Crippen molar-refractivity contribution in [1.82, 2.24) is 0 Å². The smallest absolute Gasteiger partial charge is 0.134 e. The highest BCUT2D eigenvalue weighted by molar-refractivity contribution is 5.65. The number of nitrogens with two attached hydrogens (primary N) is 1. The third kappa shape index (κ3) is 2.45. The first-order valence-electron chi connectivity index (χ1n) is 5.37. The van der Waals surface area contributed by atoms with Gasteiger partial charge in [-0.2, -0.15) is 0 Å². The molecule has 0 atom stereocenters. The Morgan fingerprint density at radius 3 is 2.65 bits per heavy atom. The molecule has 0 bridgehead atoms. The standard InChI is InChI=1S/C14H14FNO/c1-17-12-5-6-13(14(15)8-12)11-4-2-3-10(7-11)9-16/h2-8H,9,16H2,1H3. The van der Waals surface area contributed by atoms with Crippen LogP contribution < -0.4 is 10.5 Å². The summed E-state index contributed by atoms with van der Waals surface area (Å²) < 4.78 is 18.8. The van der Waals surface area contributed by atoms with Gasteiger partial charge in [-0.05, 0) is 29.3 Å². The quantitative estimate of drug-likeness (QED) is 0.881. The van der Waals surface area contributed by atoms with Crippen molar-refractivity contribution in [3.8, 4) is 16.9 Å². The number of hydrogen-bond acceptors (Lipinski definition) is 2. The lowest BCUT2D eigenvalue weighted by Gasteiger charge is -2.07. The zero-order chi connectivity index (χ0) is 12.3. The van der Waals surface area contributed by atoms with Crippen LogP contribution in [-0.2, 0) is 6.54 Å². The number of rotatable bonds is 3. The molecule has 0 saturated carbocycles. The summed E-state index contributed by atoms with van der Waals surface area (Å²) in [6.07, 6.45) is 0. The maximum Gasteiger partial charge on any atom is 0.134 e. The first-order valence-corrected chi connectivity index (χ1v) is 5.37. The lowest BCUT2D eigenvalue weighted by atomic mass is 10.0. The largest absolute Gasteiger partial charge is 0.497 e. The molecule has 0 heterocycles. The fourth-order valence-corrected chi connectivity index (χ4v) is 1.72. The maximum atomic E-state index is 13.8. The summed E-state index contributed by atoms with van der Waals surface area (Å²) in [6, 6.07) is 12.4. The van der Waals surface area contributed by atoms with Crippen LogP contribution in [0, 0.1) is 5.82 Å². The molecule has 2 nitrogen and oxygen atoms in total. The van der Waals surface area contributed by atoms with E-state index in [2.05, 4.69) is 0 Å². The van der Waals surface area contributed by atoms with Gasteiger partial charge in [-0.25, -0.2) is 4.39 Å². The van der Waals surface area contributed by atoms with Crippen molar-refractivity contribution in [2.75, 3.05) is 7.11 Å². The average Bonchev–Trinajstić information content (AvgIpc) is 2.38. The zero-order valence-corrected chi connectivity index (χ0v) is 9.61. The Balaban J connectivity index is 2.45. The van der Waals surface area contributed by atoms with Crippen molar-refractivity contribution in [2.45, 2.75) is 6.54 Å². The first kappa shape index (κ1) is 11.6. The molecular formula is C14H14FNO. The minimum absolute atomic E-state index is 0.293. The van der Waals surface area contributed by atoms with E-state index in [0.717, 1.165) is 11.1 Å². The monoisotopic (exact) mass is 231 g/mol. The van der Waals surface area contributed by atoms with Crippen molar-refractivity contribution in [1.29, 1.82) is 0 Å². The molecule has 2 rings (SSSR count). The van der Waals surface area contributed by atoms with Crippen LogP contribution in [0.15, 0.2) is 42.5 Å². The molecule has 0 saturated heterocycles. The van der Waals surface area contributed by atoms with E-state index >= 15 is 0 Å². The van der Waals surface area contributed by atoms with Crippen LogP contribution in [0.2, 0.25) is 0 Å². The predicted molar refractivity (Wildman–Crippen MR) is 66.3 cm³/mol. The number of methoxy groups -OCH3 is 1. The summed E-state index contributed by atoms with van der Waals surface area (Å²) in [5.74, 6) is 0.222. The Morgan fingerprint density at radius 2 is 2.00 bits per heavy atom. The van der Waals surface area contributed by atoms with E-state index in [0.29, 0.717) is 17.9 Å². The maximum absolute atomic E-state index is 13.8. The second kappa shape index (κ2) is 4.97. The highest BCUT2D eigenvalue weighted by Gasteiger charge is 2.06. The number of hydrogen-bond donors (Lipinski definition) is 1. The molecular weight excluding hydrogens is 217 g/mol. The van der Waals surface area contributed by atoms with Gasteiger partial charge < -0.3 is 10.5 Å². The van der Waals surface area contributed by atoms with Gasteiger partial charge in [-0.3, -0.25) is 0 Å². The Morgan fingerprint density at radius 1 is 1.18 bits per heavy atom. The van der Waals surface area contributed by atoms with E-state index in [4.69, 9.17) is 10.5 Å². The molecule has 88 valence electrons. The molecule has 2 aromatic carbocycles. The van der Waals surface area contributed by atoms with Crippen LogP contribution in [0.1, 0.15) is 5.56 Å². The number of benzene rings is 2. The molecule has 0 radical (unpaired) electrons. The number of ether oxygens (including phenoxy) is 1.